The lowest BCUT2D eigenvalue weighted by Crippen LogP contribution is -2.00. The number of benzene rings is 8. The van der Waals surface area contributed by atoms with Gasteiger partial charge in [0.2, 0.25) is 0 Å². The molecule has 0 radical (unpaired) electrons. The molecule has 0 aliphatic heterocycles. The molecule has 54 heavy (non-hydrogen) atoms. The van der Waals surface area contributed by atoms with Crippen LogP contribution in [0.1, 0.15) is 12.3 Å². The highest BCUT2D eigenvalue weighted by molar-refractivity contribution is 7.26. The van der Waals surface area contributed by atoms with Gasteiger partial charge in [0.15, 0.2) is 17.5 Å². The zero-order valence-electron chi connectivity index (χ0n) is 37.2. The third-order valence-corrected chi connectivity index (χ3v) is 10.8. The normalized spacial score (nSPS) is 14.0. The Morgan fingerprint density at radius 3 is 1.91 bits per heavy atom. The van der Waals surface area contributed by atoms with Crippen molar-refractivity contribution in [2.45, 2.75) is 0 Å². The molecule has 0 N–H and O–H groups in total. The molecular formula is C49H29N3OS. The molecule has 0 unspecified atom stereocenters. The third-order valence-electron chi connectivity index (χ3n) is 9.69. The van der Waals surface area contributed by atoms with Crippen molar-refractivity contribution >= 4 is 64.2 Å². The number of thiophene rings is 1. The summed E-state index contributed by atoms with van der Waals surface area (Å²) in [6.07, 6.45) is 0. The Hall–Kier alpha value is -6.95. The quantitative estimate of drug-likeness (QED) is 0.178. The number of furan rings is 1. The molecule has 0 fully saturated rings. The van der Waals surface area contributed by atoms with Gasteiger partial charge in [-0.15, -0.1) is 11.3 Å². The van der Waals surface area contributed by atoms with Crippen molar-refractivity contribution in [3.63, 3.8) is 0 Å². The van der Waals surface area contributed by atoms with E-state index in [2.05, 4.69) is 42.5 Å². The van der Waals surface area contributed by atoms with Gasteiger partial charge in [-0.2, -0.15) is 0 Å². The minimum absolute atomic E-state index is 0.0233. The monoisotopic (exact) mass is 716 g/mol. The zero-order chi connectivity index (χ0) is 43.4. The number of aromatic nitrogens is 3. The van der Waals surface area contributed by atoms with E-state index in [4.69, 9.17) is 31.7 Å². The van der Waals surface area contributed by atoms with Crippen molar-refractivity contribution < 1.29 is 16.8 Å². The molecule has 11 aromatic rings. The minimum atomic E-state index is -0.546. The number of rotatable bonds is 5. The van der Waals surface area contributed by atoms with E-state index in [0.717, 1.165) is 26.8 Å². The van der Waals surface area contributed by atoms with Crippen molar-refractivity contribution in [3.8, 4) is 56.4 Å². The largest absolute Gasteiger partial charge is 0.455 e. The first-order valence-corrected chi connectivity index (χ1v) is 18.1. The van der Waals surface area contributed by atoms with Gasteiger partial charge < -0.3 is 4.42 Å². The second-order valence-electron chi connectivity index (χ2n) is 12.9. The van der Waals surface area contributed by atoms with Gasteiger partial charge in [-0.05, 0) is 51.9 Å². The molecule has 0 saturated heterocycles. The number of nitrogens with zero attached hydrogens (tertiary/aromatic N) is 3. The zero-order valence-corrected chi connectivity index (χ0v) is 29.0. The highest BCUT2D eigenvalue weighted by Gasteiger charge is 2.18. The Morgan fingerprint density at radius 1 is 0.444 bits per heavy atom. The van der Waals surface area contributed by atoms with Crippen LogP contribution in [0.5, 0.6) is 0 Å². The van der Waals surface area contributed by atoms with Crippen LogP contribution in [0.25, 0.3) is 109 Å². The standard InChI is InChI=1S/C49H29N3OS/c1-3-11-30(12-4-1)37-18-10-20-42-45(37)39-27-26-35(29-43(39)54-42)49-51-47(33-14-5-2-6-15-33)50-48(52-49)34-23-21-32(22-24-34)36-17-9-19-41-44(36)40-28-25-31-13-7-8-16-38(31)46(40)53-41/h1-29H/i7D,8D,9D,13D,16D,17D,19D,25D,28D. The number of fused-ring (bicyclic) bond motifs is 8. The molecule has 3 heterocycles. The lowest BCUT2D eigenvalue weighted by atomic mass is 9.97. The first kappa shape index (κ1) is 22.9. The summed E-state index contributed by atoms with van der Waals surface area (Å²) in [6.45, 7) is 0. The molecule has 0 aliphatic rings. The van der Waals surface area contributed by atoms with Gasteiger partial charge in [-0.25, -0.2) is 15.0 Å². The summed E-state index contributed by atoms with van der Waals surface area (Å²) in [7, 11) is 0. The summed E-state index contributed by atoms with van der Waals surface area (Å²) < 4.78 is 86.8. The first-order chi connectivity index (χ1) is 30.5. The number of hydrogen-bond acceptors (Lipinski definition) is 5. The van der Waals surface area contributed by atoms with Gasteiger partial charge in [-0.3, -0.25) is 0 Å². The molecule has 0 spiro atoms. The predicted octanol–water partition coefficient (Wildman–Crippen LogP) is 13.6. The van der Waals surface area contributed by atoms with Crippen LogP contribution in [-0.4, -0.2) is 15.0 Å². The van der Waals surface area contributed by atoms with Crippen LogP contribution >= 0.6 is 11.3 Å². The van der Waals surface area contributed by atoms with E-state index in [0.29, 0.717) is 28.6 Å². The summed E-state index contributed by atoms with van der Waals surface area (Å²) in [5, 5.41) is 2.22. The van der Waals surface area contributed by atoms with Gasteiger partial charge in [0.05, 0.1) is 12.3 Å². The Morgan fingerprint density at radius 2 is 1.11 bits per heavy atom. The highest BCUT2D eigenvalue weighted by Crippen LogP contribution is 2.42. The number of hydrogen-bond donors (Lipinski definition) is 0. The van der Waals surface area contributed by atoms with E-state index in [-0.39, 0.29) is 50.4 Å². The van der Waals surface area contributed by atoms with Crippen molar-refractivity contribution in [2.24, 2.45) is 0 Å². The molecule has 0 aliphatic carbocycles. The summed E-state index contributed by atoms with van der Waals surface area (Å²) in [4.78, 5) is 14.9. The van der Waals surface area contributed by atoms with Crippen LogP contribution in [-0.2, 0) is 0 Å². The highest BCUT2D eigenvalue weighted by atomic mass is 32.1. The molecule has 0 bridgehead atoms. The smallest absolute Gasteiger partial charge is 0.164 e. The molecule has 252 valence electrons. The van der Waals surface area contributed by atoms with Crippen molar-refractivity contribution in [3.05, 3.63) is 176 Å². The van der Waals surface area contributed by atoms with Gasteiger partial charge >= 0.3 is 0 Å². The minimum Gasteiger partial charge on any atom is -0.455 e. The second-order valence-corrected chi connectivity index (χ2v) is 14.0. The predicted molar refractivity (Wildman–Crippen MR) is 225 cm³/mol. The van der Waals surface area contributed by atoms with E-state index in [1.165, 1.54) is 15.6 Å². The van der Waals surface area contributed by atoms with Crippen molar-refractivity contribution in [1.82, 2.24) is 15.0 Å². The fraction of sp³-hybridized carbons (Fsp3) is 0. The summed E-state index contributed by atoms with van der Waals surface area (Å²) >= 11 is 1.72. The van der Waals surface area contributed by atoms with Crippen LogP contribution in [0.4, 0.5) is 0 Å². The maximum Gasteiger partial charge on any atom is 0.164 e. The fourth-order valence-electron chi connectivity index (χ4n) is 7.14. The van der Waals surface area contributed by atoms with Gasteiger partial charge in [0.25, 0.3) is 0 Å². The lowest BCUT2D eigenvalue weighted by molar-refractivity contribution is 0.673. The Kier molecular flexibility index (Phi) is 5.22. The first-order valence-electron chi connectivity index (χ1n) is 21.8. The molecule has 3 aromatic heterocycles. The average molecular weight is 717 g/mol. The fourth-order valence-corrected chi connectivity index (χ4v) is 8.32. The van der Waals surface area contributed by atoms with E-state index in [1.54, 1.807) is 35.6 Å². The van der Waals surface area contributed by atoms with E-state index in [9.17, 15) is 0 Å². The lowest BCUT2D eigenvalue weighted by Gasteiger charge is -2.10. The topological polar surface area (TPSA) is 51.8 Å². The van der Waals surface area contributed by atoms with Gasteiger partial charge in [-0.1, -0.05) is 151 Å². The molecule has 4 nitrogen and oxygen atoms in total. The van der Waals surface area contributed by atoms with Crippen LogP contribution in [0.3, 0.4) is 0 Å². The third kappa shape index (κ3) is 5.01. The maximum absolute atomic E-state index is 9.10. The van der Waals surface area contributed by atoms with Crippen molar-refractivity contribution in [1.29, 1.82) is 0 Å². The van der Waals surface area contributed by atoms with E-state index < -0.39 is 42.3 Å². The Balaban J connectivity index is 1.07. The van der Waals surface area contributed by atoms with Crippen LogP contribution in [0.15, 0.2) is 180 Å². The van der Waals surface area contributed by atoms with Crippen LogP contribution < -0.4 is 0 Å². The second kappa shape index (κ2) is 12.3. The molecule has 0 atom stereocenters. The molecule has 0 amide bonds. The van der Waals surface area contributed by atoms with E-state index >= 15 is 0 Å². The Bertz CT molecular complexity index is 3730. The molecule has 5 heteroatoms. The average Bonchev–Trinajstić information content (AvgIpc) is 3.90. The molecule has 11 rings (SSSR count). The van der Waals surface area contributed by atoms with Gasteiger partial charge in [0.1, 0.15) is 11.2 Å². The molecule has 8 aromatic carbocycles. The molecular weight excluding hydrogens is 679 g/mol. The van der Waals surface area contributed by atoms with Crippen LogP contribution in [0, 0.1) is 0 Å². The van der Waals surface area contributed by atoms with Crippen LogP contribution in [0.2, 0.25) is 0 Å². The SMILES string of the molecule is [2H]c1c([2H])c(-c2ccc(-c3nc(-c4ccccc4)nc(-c4ccc5c(c4)sc4cccc(-c6ccccc6)c45)n3)cc2)c2c(oc3c4c([2H])c([2H])c([2H])c([2H])c4c([2H])c([2H])c32)c1[2H]. The summed E-state index contributed by atoms with van der Waals surface area (Å²) in [5.74, 6) is 1.36. The van der Waals surface area contributed by atoms with Crippen molar-refractivity contribution in [2.75, 3.05) is 0 Å². The summed E-state index contributed by atoms with van der Waals surface area (Å²) in [6, 6.07) is 35.8. The van der Waals surface area contributed by atoms with Gasteiger partial charge in [0, 0.05) is 53.0 Å². The maximum atomic E-state index is 9.10. The van der Waals surface area contributed by atoms with E-state index in [1.807, 2.05) is 54.6 Å². The summed E-state index contributed by atoms with van der Waals surface area (Å²) in [5.41, 5.74) is 4.97. The Labute approximate surface area is 327 Å². The molecule has 0 saturated carbocycles.